The number of aliphatic hydroxyl groups is 1. The quantitative estimate of drug-likeness (QED) is 0.861. The van der Waals surface area contributed by atoms with Crippen LogP contribution in [0.2, 0.25) is 0 Å². The fourth-order valence-electron chi connectivity index (χ4n) is 2.46. The smallest absolute Gasteiger partial charge is 0.251 e. The van der Waals surface area contributed by atoms with Gasteiger partial charge in [-0.1, -0.05) is 55.5 Å². The van der Waals surface area contributed by atoms with Gasteiger partial charge in [-0.15, -0.1) is 0 Å². The third-order valence-corrected chi connectivity index (χ3v) is 3.87. The molecule has 0 radical (unpaired) electrons. The fourth-order valence-corrected chi connectivity index (χ4v) is 2.46. The standard InChI is InChI=1S/C19H23NO2/c1-3-16-11-7-8-12-17(16)19(22)20-14(2)18(21)13-15-9-5-4-6-10-15/h4-12,14,18,21H,3,13H2,1-2H3,(H,20,22). The van der Waals surface area contributed by atoms with Gasteiger partial charge in [0.15, 0.2) is 0 Å². The summed E-state index contributed by atoms with van der Waals surface area (Å²) >= 11 is 0. The van der Waals surface area contributed by atoms with E-state index in [1.807, 2.05) is 68.4 Å². The Kier molecular flexibility index (Phi) is 5.73. The number of benzene rings is 2. The molecule has 0 heterocycles. The normalized spacial score (nSPS) is 13.4. The molecule has 0 spiro atoms. The largest absolute Gasteiger partial charge is 0.391 e. The maximum Gasteiger partial charge on any atom is 0.251 e. The minimum atomic E-state index is -0.611. The van der Waals surface area contributed by atoms with E-state index in [9.17, 15) is 9.90 Å². The Morgan fingerprint density at radius 1 is 1.09 bits per heavy atom. The summed E-state index contributed by atoms with van der Waals surface area (Å²) in [6.07, 6.45) is 0.725. The van der Waals surface area contributed by atoms with Gasteiger partial charge in [-0.05, 0) is 30.5 Å². The summed E-state index contributed by atoms with van der Waals surface area (Å²) in [6.45, 7) is 3.86. The van der Waals surface area contributed by atoms with Crippen molar-refractivity contribution in [3.05, 3.63) is 71.3 Å². The van der Waals surface area contributed by atoms with Gasteiger partial charge in [0.2, 0.25) is 0 Å². The van der Waals surface area contributed by atoms with Gasteiger partial charge in [-0.25, -0.2) is 0 Å². The zero-order valence-electron chi connectivity index (χ0n) is 13.1. The van der Waals surface area contributed by atoms with Crippen LogP contribution in [0.3, 0.4) is 0 Å². The van der Waals surface area contributed by atoms with Gasteiger partial charge in [0.1, 0.15) is 0 Å². The lowest BCUT2D eigenvalue weighted by Gasteiger charge is -2.21. The lowest BCUT2D eigenvalue weighted by molar-refractivity contribution is 0.0851. The second-order valence-electron chi connectivity index (χ2n) is 5.53. The highest BCUT2D eigenvalue weighted by Gasteiger charge is 2.18. The molecule has 2 aromatic carbocycles. The van der Waals surface area contributed by atoms with Crippen LogP contribution in [-0.2, 0) is 12.8 Å². The third kappa shape index (κ3) is 4.18. The van der Waals surface area contributed by atoms with Gasteiger partial charge in [0, 0.05) is 12.0 Å². The molecule has 0 aliphatic rings. The molecule has 0 aliphatic carbocycles. The average Bonchev–Trinajstić information content (AvgIpc) is 2.55. The van der Waals surface area contributed by atoms with Crippen molar-refractivity contribution in [2.45, 2.75) is 38.8 Å². The first-order chi connectivity index (χ1) is 10.6. The van der Waals surface area contributed by atoms with Crippen LogP contribution in [0.15, 0.2) is 54.6 Å². The first-order valence-electron chi connectivity index (χ1n) is 7.72. The van der Waals surface area contributed by atoms with Crippen LogP contribution in [-0.4, -0.2) is 23.2 Å². The van der Waals surface area contributed by atoms with Crippen LogP contribution in [0.4, 0.5) is 0 Å². The summed E-state index contributed by atoms with van der Waals surface area (Å²) in [4.78, 5) is 12.4. The molecular weight excluding hydrogens is 274 g/mol. The molecule has 0 aliphatic heterocycles. The molecule has 2 unspecified atom stereocenters. The zero-order valence-corrected chi connectivity index (χ0v) is 13.1. The number of carbonyl (C=O) groups excluding carboxylic acids is 1. The molecule has 0 aromatic heterocycles. The average molecular weight is 297 g/mol. The van der Waals surface area contributed by atoms with Crippen LogP contribution in [0.25, 0.3) is 0 Å². The predicted molar refractivity (Wildman–Crippen MR) is 88.9 cm³/mol. The first-order valence-corrected chi connectivity index (χ1v) is 7.72. The van der Waals surface area contributed by atoms with Crippen LogP contribution < -0.4 is 5.32 Å². The highest BCUT2D eigenvalue weighted by molar-refractivity contribution is 5.95. The Morgan fingerprint density at radius 3 is 2.41 bits per heavy atom. The molecule has 0 saturated heterocycles. The van der Waals surface area contributed by atoms with E-state index < -0.39 is 6.10 Å². The van der Waals surface area contributed by atoms with Crippen molar-refractivity contribution in [1.82, 2.24) is 5.32 Å². The molecular formula is C19H23NO2. The Hall–Kier alpha value is -2.13. The van der Waals surface area contributed by atoms with Gasteiger partial charge >= 0.3 is 0 Å². The highest BCUT2D eigenvalue weighted by Crippen LogP contribution is 2.11. The van der Waals surface area contributed by atoms with E-state index in [-0.39, 0.29) is 11.9 Å². The van der Waals surface area contributed by atoms with Crippen molar-refractivity contribution in [1.29, 1.82) is 0 Å². The highest BCUT2D eigenvalue weighted by atomic mass is 16.3. The van der Waals surface area contributed by atoms with Crippen molar-refractivity contribution >= 4 is 5.91 Å². The molecule has 0 fully saturated rings. The number of aliphatic hydroxyl groups excluding tert-OH is 1. The number of amides is 1. The molecule has 2 N–H and O–H groups in total. The number of carbonyl (C=O) groups is 1. The van der Waals surface area contributed by atoms with Gasteiger partial charge < -0.3 is 10.4 Å². The van der Waals surface area contributed by atoms with Gasteiger partial charge in [-0.3, -0.25) is 4.79 Å². The van der Waals surface area contributed by atoms with Gasteiger partial charge in [0.05, 0.1) is 12.1 Å². The number of hydrogen-bond donors (Lipinski definition) is 2. The minimum absolute atomic E-state index is 0.128. The lowest BCUT2D eigenvalue weighted by atomic mass is 10.0. The van der Waals surface area contributed by atoms with Crippen LogP contribution in [0.1, 0.15) is 35.3 Å². The van der Waals surface area contributed by atoms with E-state index in [0.717, 1.165) is 17.5 Å². The Bertz CT molecular complexity index is 610. The van der Waals surface area contributed by atoms with Gasteiger partial charge in [0.25, 0.3) is 5.91 Å². The van der Waals surface area contributed by atoms with E-state index in [0.29, 0.717) is 12.0 Å². The lowest BCUT2D eigenvalue weighted by Crippen LogP contribution is -2.42. The summed E-state index contributed by atoms with van der Waals surface area (Å²) in [5.41, 5.74) is 2.76. The Balaban J connectivity index is 1.98. The molecule has 116 valence electrons. The summed E-state index contributed by atoms with van der Waals surface area (Å²) in [6, 6.07) is 17.1. The SMILES string of the molecule is CCc1ccccc1C(=O)NC(C)C(O)Cc1ccccc1. The summed E-state index contributed by atoms with van der Waals surface area (Å²) in [7, 11) is 0. The molecule has 0 bridgehead atoms. The number of rotatable bonds is 6. The molecule has 3 heteroatoms. The van der Waals surface area contributed by atoms with Crippen molar-refractivity contribution < 1.29 is 9.90 Å². The second-order valence-corrected chi connectivity index (χ2v) is 5.53. The number of aryl methyl sites for hydroxylation is 1. The minimum Gasteiger partial charge on any atom is -0.391 e. The third-order valence-electron chi connectivity index (χ3n) is 3.87. The Labute approximate surface area is 132 Å². The van der Waals surface area contributed by atoms with Gasteiger partial charge in [-0.2, -0.15) is 0 Å². The summed E-state index contributed by atoms with van der Waals surface area (Å²) in [5, 5.41) is 13.2. The summed E-state index contributed by atoms with van der Waals surface area (Å²) < 4.78 is 0. The number of nitrogens with one attached hydrogen (secondary N) is 1. The van der Waals surface area contributed by atoms with Crippen molar-refractivity contribution in [2.24, 2.45) is 0 Å². The zero-order chi connectivity index (χ0) is 15.9. The molecule has 2 rings (SSSR count). The molecule has 0 saturated carbocycles. The van der Waals surface area contributed by atoms with E-state index in [4.69, 9.17) is 0 Å². The fraction of sp³-hybridized carbons (Fsp3) is 0.316. The van der Waals surface area contributed by atoms with E-state index in [1.165, 1.54) is 0 Å². The molecule has 3 nitrogen and oxygen atoms in total. The topological polar surface area (TPSA) is 49.3 Å². The maximum atomic E-state index is 12.4. The molecule has 2 atom stereocenters. The molecule has 22 heavy (non-hydrogen) atoms. The van der Waals surface area contributed by atoms with E-state index >= 15 is 0 Å². The van der Waals surface area contributed by atoms with Crippen LogP contribution in [0.5, 0.6) is 0 Å². The van der Waals surface area contributed by atoms with Crippen LogP contribution in [0, 0.1) is 0 Å². The second kappa shape index (κ2) is 7.76. The van der Waals surface area contributed by atoms with E-state index in [1.54, 1.807) is 0 Å². The van der Waals surface area contributed by atoms with Crippen molar-refractivity contribution in [2.75, 3.05) is 0 Å². The predicted octanol–water partition coefficient (Wildman–Crippen LogP) is 2.97. The first kappa shape index (κ1) is 16.2. The van der Waals surface area contributed by atoms with Crippen molar-refractivity contribution in [3.63, 3.8) is 0 Å². The van der Waals surface area contributed by atoms with Crippen LogP contribution >= 0.6 is 0 Å². The maximum absolute atomic E-state index is 12.4. The monoisotopic (exact) mass is 297 g/mol. The summed E-state index contributed by atoms with van der Waals surface area (Å²) in [5.74, 6) is -0.128. The molecule has 1 amide bonds. The van der Waals surface area contributed by atoms with Crippen molar-refractivity contribution in [3.8, 4) is 0 Å². The molecule has 2 aromatic rings. The number of hydrogen-bond acceptors (Lipinski definition) is 2. The van der Waals surface area contributed by atoms with E-state index in [2.05, 4.69) is 5.32 Å². The Morgan fingerprint density at radius 2 is 1.73 bits per heavy atom.